The van der Waals surface area contributed by atoms with Crippen molar-refractivity contribution in [3.8, 4) is 5.75 Å². The Labute approximate surface area is 174 Å². The van der Waals surface area contributed by atoms with Crippen LogP contribution in [0.3, 0.4) is 0 Å². The average Bonchev–Trinajstić information content (AvgIpc) is 2.77. The predicted molar refractivity (Wildman–Crippen MR) is 115 cm³/mol. The first-order valence-electron chi connectivity index (χ1n) is 9.47. The van der Waals surface area contributed by atoms with Gasteiger partial charge >= 0.3 is 0 Å². The molecule has 152 valence electrons. The summed E-state index contributed by atoms with van der Waals surface area (Å²) in [7, 11) is 0. The number of hydrogen-bond acceptors (Lipinski definition) is 4. The summed E-state index contributed by atoms with van der Waals surface area (Å²) in [6.45, 7) is 1.70. The van der Waals surface area contributed by atoms with Crippen molar-refractivity contribution in [1.29, 1.82) is 0 Å². The number of amides is 2. The Kier molecular flexibility index (Phi) is 6.95. The topological polar surface area (TPSA) is 84.5 Å². The van der Waals surface area contributed by atoms with Gasteiger partial charge in [0, 0.05) is 23.4 Å². The minimum Gasteiger partial charge on any atom is -0.484 e. The fourth-order valence-corrected chi connectivity index (χ4v) is 2.74. The van der Waals surface area contributed by atoms with E-state index in [2.05, 4.69) is 10.6 Å². The standard InChI is InChI=1S/C24H22N2O4/c1-17(27)19-10-12-21(13-11-19)26-23(28)16-30-22-9-5-8-20(14-22)24(29)25-15-18-6-3-2-4-7-18/h2-14H,15-16H2,1H3,(H,25,29)(H,26,28). The van der Waals surface area contributed by atoms with Gasteiger partial charge in [0.05, 0.1) is 0 Å². The zero-order valence-corrected chi connectivity index (χ0v) is 16.6. The summed E-state index contributed by atoms with van der Waals surface area (Å²) in [6.07, 6.45) is 0. The molecule has 30 heavy (non-hydrogen) atoms. The smallest absolute Gasteiger partial charge is 0.262 e. The molecule has 3 aromatic carbocycles. The minimum absolute atomic E-state index is 0.0381. The molecule has 0 atom stereocenters. The highest BCUT2D eigenvalue weighted by molar-refractivity contribution is 5.96. The van der Waals surface area contributed by atoms with Crippen LogP contribution in [0.25, 0.3) is 0 Å². The molecule has 0 fully saturated rings. The molecule has 0 aliphatic rings. The maximum absolute atomic E-state index is 12.4. The zero-order valence-electron chi connectivity index (χ0n) is 16.6. The Morgan fingerprint density at radius 1 is 0.833 bits per heavy atom. The molecule has 0 saturated carbocycles. The molecule has 0 heterocycles. The van der Waals surface area contributed by atoms with Crippen molar-refractivity contribution in [2.45, 2.75) is 13.5 Å². The molecule has 0 unspecified atom stereocenters. The van der Waals surface area contributed by atoms with Crippen molar-refractivity contribution in [2.75, 3.05) is 11.9 Å². The maximum atomic E-state index is 12.4. The van der Waals surface area contributed by atoms with Crippen LogP contribution in [0.1, 0.15) is 33.2 Å². The van der Waals surface area contributed by atoms with Crippen LogP contribution in [0, 0.1) is 0 Å². The van der Waals surface area contributed by atoms with Crippen LogP contribution >= 0.6 is 0 Å². The van der Waals surface area contributed by atoms with Crippen LogP contribution in [-0.2, 0) is 11.3 Å². The van der Waals surface area contributed by atoms with Crippen LogP contribution in [-0.4, -0.2) is 24.2 Å². The van der Waals surface area contributed by atoms with Gasteiger partial charge < -0.3 is 15.4 Å². The Morgan fingerprint density at radius 2 is 1.57 bits per heavy atom. The first-order valence-corrected chi connectivity index (χ1v) is 9.47. The molecule has 6 nitrogen and oxygen atoms in total. The van der Waals surface area contributed by atoms with Gasteiger partial charge in [0.15, 0.2) is 12.4 Å². The Morgan fingerprint density at radius 3 is 2.27 bits per heavy atom. The van der Waals surface area contributed by atoms with Gasteiger partial charge in [-0.05, 0) is 55.0 Å². The fraction of sp³-hybridized carbons (Fsp3) is 0.125. The molecule has 0 bridgehead atoms. The summed E-state index contributed by atoms with van der Waals surface area (Å²) in [6, 6.07) is 22.9. The van der Waals surface area contributed by atoms with Crippen LogP contribution < -0.4 is 15.4 Å². The highest BCUT2D eigenvalue weighted by Gasteiger charge is 2.09. The third-order valence-electron chi connectivity index (χ3n) is 4.34. The first kappa shape index (κ1) is 20.8. The van der Waals surface area contributed by atoms with Crippen molar-refractivity contribution < 1.29 is 19.1 Å². The number of Topliss-reactive ketones (excluding diaryl/α,β-unsaturated/α-hetero) is 1. The molecular formula is C24H22N2O4. The van der Waals surface area contributed by atoms with Crippen LogP contribution in [0.4, 0.5) is 5.69 Å². The van der Waals surface area contributed by atoms with E-state index >= 15 is 0 Å². The van der Waals surface area contributed by atoms with E-state index in [9.17, 15) is 14.4 Å². The molecule has 0 radical (unpaired) electrons. The van der Waals surface area contributed by atoms with Gasteiger partial charge in [0.25, 0.3) is 11.8 Å². The normalized spacial score (nSPS) is 10.2. The molecule has 3 aromatic rings. The van der Waals surface area contributed by atoms with Crippen LogP contribution in [0.2, 0.25) is 0 Å². The molecule has 0 aliphatic heterocycles. The SMILES string of the molecule is CC(=O)c1ccc(NC(=O)COc2cccc(C(=O)NCc3ccccc3)c2)cc1. The molecule has 0 spiro atoms. The monoisotopic (exact) mass is 402 g/mol. The molecule has 2 amide bonds. The Bertz CT molecular complexity index is 1030. The minimum atomic E-state index is -0.343. The number of ketones is 1. The molecule has 0 aromatic heterocycles. The first-order chi connectivity index (χ1) is 14.5. The van der Waals surface area contributed by atoms with E-state index in [1.165, 1.54) is 6.92 Å². The zero-order chi connectivity index (χ0) is 21.3. The number of benzene rings is 3. The number of nitrogens with one attached hydrogen (secondary N) is 2. The number of carbonyl (C=O) groups excluding carboxylic acids is 3. The third kappa shape index (κ3) is 6.04. The van der Waals surface area contributed by atoms with Gasteiger partial charge in [-0.1, -0.05) is 36.4 Å². The van der Waals surface area contributed by atoms with E-state index in [-0.39, 0.29) is 24.2 Å². The summed E-state index contributed by atoms with van der Waals surface area (Å²) < 4.78 is 5.51. The number of ether oxygens (including phenoxy) is 1. The second kappa shape index (κ2) is 10.0. The van der Waals surface area contributed by atoms with E-state index in [0.717, 1.165) is 5.56 Å². The lowest BCUT2D eigenvalue weighted by Crippen LogP contribution is -2.23. The summed E-state index contributed by atoms with van der Waals surface area (Å²) in [5.41, 5.74) is 2.60. The van der Waals surface area contributed by atoms with E-state index in [1.54, 1.807) is 48.5 Å². The maximum Gasteiger partial charge on any atom is 0.262 e. The Hall–Kier alpha value is -3.93. The van der Waals surface area contributed by atoms with Crippen molar-refractivity contribution in [2.24, 2.45) is 0 Å². The molecule has 6 heteroatoms. The Balaban J connectivity index is 1.51. The molecule has 3 rings (SSSR count). The van der Waals surface area contributed by atoms with Crippen molar-refractivity contribution in [3.63, 3.8) is 0 Å². The van der Waals surface area contributed by atoms with E-state index in [1.807, 2.05) is 30.3 Å². The highest BCUT2D eigenvalue weighted by atomic mass is 16.5. The predicted octanol–water partition coefficient (Wildman–Crippen LogP) is 3.84. The summed E-state index contributed by atoms with van der Waals surface area (Å²) in [5, 5.41) is 5.55. The summed E-state index contributed by atoms with van der Waals surface area (Å²) in [4.78, 5) is 35.7. The van der Waals surface area contributed by atoms with E-state index in [4.69, 9.17) is 4.74 Å². The van der Waals surface area contributed by atoms with Gasteiger partial charge in [-0.3, -0.25) is 14.4 Å². The van der Waals surface area contributed by atoms with Gasteiger partial charge in [-0.2, -0.15) is 0 Å². The largest absolute Gasteiger partial charge is 0.484 e. The fourth-order valence-electron chi connectivity index (χ4n) is 2.74. The second-order valence-corrected chi connectivity index (χ2v) is 6.67. The third-order valence-corrected chi connectivity index (χ3v) is 4.34. The van der Waals surface area contributed by atoms with Crippen molar-refractivity contribution in [3.05, 3.63) is 95.6 Å². The van der Waals surface area contributed by atoms with Gasteiger partial charge in [-0.25, -0.2) is 0 Å². The van der Waals surface area contributed by atoms with Crippen molar-refractivity contribution >= 4 is 23.3 Å². The molecule has 0 saturated heterocycles. The number of rotatable bonds is 8. The van der Waals surface area contributed by atoms with Gasteiger partial charge in [-0.15, -0.1) is 0 Å². The summed E-state index contributed by atoms with van der Waals surface area (Å²) in [5.74, 6) is -0.183. The van der Waals surface area contributed by atoms with E-state index in [0.29, 0.717) is 29.1 Å². The molecule has 2 N–H and O–H groups in total. The van der Waals surface area contributed by atoms with Gasteiger partial charge in [0.2, 0.25) is 0 Å². The van der Waals surface area contributed by atoms with Gasteiger partial charge in [0.1, 0.15) is 5.75 Å². The average molecular weight is 402 g/mol. The number of carbonyl (C=O) groups is 3. The lowest BCUT2D eigenvalue weighted by Gasteiger charge is -2.10. The number of anilines is 1. The van der Waals surface area contributed by atoms with Crippen molar-refractivity contribution in [1.82, 2.24) is 5.32 Å². The quantitative estimate of drug-likeness (QED) is 0.561. The summed E-state index contributed by atoms with van der Waals surface area (Å²) >= 11 is 0. The highest BCUT2D eigenvalue weighted by Crippen LogP contribution is 2.14. The van der Waals surface area contributed by atoms with Crippen LogP contribution in [0.15, 0.2) is 78.9 Å². The molecular weight excluding hydrogens is 380 g/mol. The lowest BCUT2D eigenvalue weighted by atomic mass is 10.1. The lowest BCUT2D eigenvalue weighted by molar-refractivity contribution is -0.118. The second-order valence-electron chi connectivity index (χ2n) is 6.67. The molecule has 0 aliphatic carbocycles. The van der Waals surface area contributed by atoms with E-state index < -0.39 is 0 Å². The number of hydrogen-bond donors (Lipinski definition) is 2. The van der Waals surface area contributed by atoms with Crippen LogP contribution in [0.5, 0.6) is 5.75 Å².